The summed E-state index contributed by atoms with van der Waals surface area (Å²) in [5, 5.41) is 0. The molecule has 3 aromatic carbocycles. The average Bonchev–Trinajstić information content (AvgIpc) is 2.73. The lowest BCUT2D eigenvalue weighted by Gasteiger charge is -2.14. The Morgan fingerprint density at radius 1 is 0.741 bits per heavy atom. The third-order valence-electron chi connectivity index (χ3n) is 3.97. The first-order chi connectivity index (χ1) is 13.3. The van der Waals surface area contributed by atoms with Gasteiger partial charge < -0.3 is 14.2 Å². The molecule has 3 rings (SSSR count). The van der Waals surface area contributed by atoms with E-state index in [0.717, 1.165) is 17.4 Å². The second kappa shape index (κ2) is 9.43. The van der Waals surface area contributed by atoms with E-state index in [1.165, 1.54) is 0 Å². The van der Waals surface area contributed by atoms with Crippen LogP contribution in [0.3, 0.4) is 0 Å². The zero-order chi connectivity index (χ0) is 18.9. The van der Waals surface area contributed by atoms with E-state index in [4.69, 9.17) is 14.2 Å². The molecule has 0 bridgehead atoms. The summed E-state index contributed by atoms with van der Waals surface area (Å²) in [4.78, 5) is 10.7. The fourth-order valence-corrected chi connectivity index (χ4v) is 2.57. The summed E-state index contributed by atoms with van der Waals surface area (Å²) in [5.41, 5.74) is 2.71. The van der Waals surface area contributed by atoms with Crippen LogP contribution in [-0.2, 0) is 13.2 Å². The number of carbonyl (C=O) groups is 1. The molecule has 0 unspecified atom stereocenters. The molecular formula is C23H22O4. The molecule has 0 radical (unpaired) electrons. The Hall–Kier alpha value is -3.27. The van der Waals surface area contributed by atoms with Crippen molar-refractivity contribution in [3.8, 4) is 17.2 Å². The molecule has 0 spiro atoms. The van der Waals surface area contributed by atoms with Crippen molar-refractivity contribution in [3.05, 3.63) is 89.5 Å². The zero-order valence-corrected chi connectivity index (χ0v) is 15.3. The lowest BCUT2D eigenvalue weighted by atomic mass is 10.2. The Kier molecular flexibility index (Phi) is 6.47. The van der Waals surface area contributed by atoms with Gasteiger partial charge in [-0.05, 0) is 54.4 Å². The fraction of sp³-hybridized carbons (Fsp3) is 0.174. The van der Waals surface area contributed by atoms with Gasteiger partial charge in [-0.25, -0.2) is 0 Å². The number of hydrogen-bond acceptors (Lipinski definition) is 4. The summed E-state index contributed by atoms with van der Waals surface area (Å²) in [5.74, 6) is 2.12. The molecule has 3 aromatic rings. The maximum Gasteiger partial charge on any atom is 0.161 e. The largest absolute Gasteiger partial charge is 0.490 e. The summed E-state index contributed by atoms with van der Waals surface area (Å²) in [6, 6.07) is 22.8. The van der Waals surface area contributed by atoms with Crippen molar-refractivity contribution in [1.29, 1.82) is 0 Å². The standard InChI is InChI=1S/C23H22O4/c1-2-25-23-14-20(17-26-21-11-8-18(15-24)9-12-21)10-13-22(23)27-16-19-6-4-3-5-7-19/h3-15H,2,16-17H2,1H3. The number of aldehydes is 1. The van der Waals surface area contributed by atoms with Crippen molar-refractivity contribution in [2.75, 3.05) is 6.61 Å². The lowest BCUT2D eigenvalue weighted by molar-refractivity contribution is 0.112. The predicted molar refractivity (Wildman–Crippen MR) is 105 cm³/mol. The van der Waals surface area contributed by atoms with Gasteiger partial charge in [0.05, 0.1) is 6.61 Å². The molecule has 0 atom stereocenters. The molecule has 4 nitrogen and oxygen atoms in total. The summed E-state index contributed by atoms with van der Waals surface area (Å²) in [6.07, 6.45) is 0.812. The van der Waals surface area contributed by atoms with Crippen LogP contribution in [0.2, 0.25) is 0 Å². The number of carbonyl (C=O) groups excluding carboxylic acids is 1. The van der Waals surface area contributed by atoms with Gasteiger partial charge in [0.25, 0.3) is 0 Å². The van der Waals surface area contributed by atoms with Crippen molar-refractivity contribution >= 4 is 6.29 Å². The van der Waals surface area contributed by atoms with Gasteiger partial charge in [-0.15, -0.1) is 0 Å². The Morgan fingerprint density at radius 3 is 2.19 bits per heavy atom. The van der Waals surface area contributed by atoms with Gasteiger partial charge >= 0.3 is 0 Å². The Balaban J connectivity index is 1.65. The van der Waals surface area contributed by atoms with E-state index in [0.29, 0.717) is 42.6 Å². The van der Waals surface area contributed by atoms with Gasteiger partial charge in [0, 0.05) is 5.56 Å². The quantitative estimate of drug-likeness (QED) is 0.499. The van der Waals surface area contributed by atoms with Crippen LogP contribution in [0.5, 0.6) is 17.2 Å². The molecule has 138 valence electrons. The minimum atomic E-state index is 0.402. The topological polar surface area (TPSA) is 44.8 Å². The predicted octanol–water partition coefficient (Wildman–Crippen LogP) is 5.06. The van der Waals surface area contributed by atoms with Crippen LogP contribution >= 0.6 is 0 Å². The first-order valence-electron chi connectivity index (χ1n) is 8.89. The van der Waals surface area contributed by atoms with E-state index in [1.54, 1.807) is 24.3 Å². The molecule has 0 amide bonds. The SMILES string of the molecule is CCOc1cc(COc2ccc(C=O)cc2)ccc1OCc1ccccc1. The minimum absolute atomic E-state index is 0.402. The summed E-state index contributed by atoms with van der Waals surface area (Å²) >= 11 is 0. The van der Waals surface area contributed by atoms with Crippen LogP contribution in [-0.4, -0.2) is 12.9 Å². The Morgan fingerprint density at radius 2 is 1.48 bits per heavy atom. The molecular weight excluding hydrogens is 340 g/mol. The van der Waals surface area contributed by atoms with Gasteiger partial charge in [-0.3, -0.25) is 4.79 Å². The maximum atomic E-state index is 10.7. The van der Waals surface area contributed by atoms with Gasteiger partial charge in [0.1, 0.15) is 25.2 Å². The minimum Gasteiger partial charge on any atom is -0.490 e. The summed E-state index contributed by atoms with van der Waals surface area (Å²) in [7, 11) is 0. The highest BCUT2D eigenvalue weighted by Gasteiger charge is 2.08. The van der Waals surface area contributed by atoms with E-state index in [1.807, 2.05) is 55.5 Å². The second-order valence-electron chi connectivity index (χ2n) is 5.96. The third kappa shape index (κ3) is 5.35. The number of benzene rings is 3. The van der Waals surface area contributed by atoms with Crippen LogP contribution in [0.15, 0.2) is 72.8 Å². The smallest absolute Gasteiger partial charge is 0.161 e. The average molecular weight is 362 g/mol. The van der Waals surface area contributed by atoms with Crippen molar-refractivity contribution in [3.63, 3.8) is 0 Å². The number of hydrogen-bond donors (Lipinski definition) is 0. The highest BCUT2D eigenvalue weighted by atomic mass is 16.5. The van der Waals surface area contributed by atoms with E-state index < -0.39 is 0 Å². The monoisotopic (exact) mass is 362 g/mol. The van der Waals surface area contributed by atoms with Crippen LogP contribution in [0.25, 0.3) is 0 Å². The van der Waals surface area contributed by atoms with Gasteiger partial charge in [-0.1, -0.05) is 36.4 Å². The second-order valence-corrected chi connectivity index (χ2v) is 5.96. The summed E-state index contributed by atoms with van der Waals surface area (Å²) in [6.45, 7) is 3.39. The van der Waals surface area contributed by atoms with Crippen LogP contribution < -0.4 is 14.2 Å². The van der Waals surface area contributed by atoms with E-state index in [2.05, 4.69) is 0 Å². The highest BCUT2D eigenvalue weighted by Crippen LogP contribution is 2.30. The molecule has 0 aliphatic heterocycles. The first-order valence-corrected chi connectivity index (χ1v) is 8.89. The molecule has 0 saturated heterocycles. The molecule has 0 aromatic heterocycles. The van der Waals surface area contributed by atoms with Crippen LogP contribution in [0, 0.1) is 0 Å². The molecule has 0 aliphatic carbocycles. The van der Waals surface area contributed by atoms with Gasteiger partial charge in [0.2, 0.25) is 0 Å². The number of ether oxygens (including phenoxy) is 3. The first kappa shape index (κ1) is 18.5. The van der Waals surface area contributed by atoms with Crippen molar-refractivity contribution in [2.24, 2.45) is 0 Å². The van der Waals surface area contributed by atoms with Crippen LogP contribution in [0.1, 0.15) is 28.4 Å². The lowest BCUT2D eigenvalue weighted by Crippen LogP contribution is -2.02. The normalized spacial score (nSPS) is 10.3. The Labute approximate surface area is 159 Å². The molecule has 0 heterocycles. The van der Waals surface area contributed by atoms with Crippen molar-refractivity contribution in [2.45, 2.75) is 20.1 Å². The van der Waals surface area contributed by atoms with Crippen LogP contribution in [0.4, 0.5) is 0 Å². The fourth-order valence-electron chi connectivity index (χ4n) is 2.57. The van der Waals surface area contributed by atoms with Crippen molar-refractivity contribution < 1.29 is 19.0 Å². The molecule has 4 heteroatoms. The third-order valence-corrected chi connectivity index (χ3v) is 3.97. The van der Waals surface area contributed by atoms with Gasteiger partial charge in [0.15, 0.2) is 11.5 Å². The van der Waals surface area contributed by atoms with Crippen molar-refractivity contribution in [1.82, 2.24) is 0 Å². The molecule has 0 saturated carbocycles. The zero-order valence-electron chi connectivity index (χ0n) is 15.3. The molecule has 0 aliphatic rings. The van der Waals surface area contributed by atoms with E-state index in [-0.39, 0.29) is 0 Å². The molecule has 27 heavy (non-hydrogen) atoms. The number of rotatable bonds is 9. The Bertz CT molecular complexity index is 857. The molecule has 0 fully saturated rings. The summed E-state index contributed by atoms with van der Waals surface area (Å²) < 4.78 is 17.4. The van der Waals surface area contributed by atoms with Gasteiger partial charge in [-0.2, -0.15) is 0 Å². The van der Waals surface area contributed by atoms with E-state index >= 15 is 0 Å². The maximum absolute atomic E-state index is 10.7. The molecule has 0 N–H and O–H groups in total. The van der Waals surface area contributed by atoms with E-state index in [9.17, 15) is 4.79 Å². The highest BCUT2D eigenvalue weighted by molar-refractivity contribution is 5.74.